The number of nitrogens with one attached hydrogen (secondary N) is 1. The SMILES string of the molecule is CCOC(=O)c1cnc(NCCCC2CCC(C)CC2)nc1C. The van der Waals surface area contributed by atoms with Crippen LogP contribution in [0.4, 0.5) is 5.95 Å². The molecule has 1 aromatic heterocycles. The monoisotopic (exact) mass is 319 g/mol. The zero-order chi connectivity index (χ0) is 16.7. The average molecular weight is 319 g/mol. The Balaban J connectivity index is 1.73. The molecule has 1 N–H and O–H groups in total. The van der Waals surface area contributed by atoms with Gasteiger partial charge in [0.25, 0.3) is 0 Å². The van der Waals surface area contributed by atoms with Crippen LogP contribution in [0.1, 0.15) is 68.4 Å². The molecule has 0 bridgehead atoms. The fourth-order valence-electron chi connectivity index (χ4n) is 3.17. The van der Waals surface area contributed by atoms with Crippen LogP contribution < -0.4 is 5.32 Å². The van der Waals surface area contributed by atoms with Crippen molar-refractivity contribution in [2.24, 2.45) is 11.8 Å². The lowest BCUT2D eigenvalue weighted by molar-refractivity contribution is 0.0524. The highest BCUT2D eigenvalue weighted by atomic mass is 16.5. The number of rotatable bonds is 7. The summed E-state index contributed by atoms with van der Waals surface area (Å²) in [5.74, 6) is 2.04. The van der Waals surface area contributed by atoms with Crippen molar-refractivity contribution in [2.45, 2.75) is 59.3 Å². The lowest BCUT2D eigenvalue weighted by Crippen LogP contribution is -2.14. The highest BCUT2D eigenvalue weighted by molar-refractivity contribution is 5.90. The Bertz CT molecular complexity index is 511. The second kappa shape index (κ2) is 8.85. The number of carbonyl (C=O) groups excluding carboxylic acids is 1. The van der Waals surface area contributed by atoms with E-state index in [2.05, 4.69) is 22.2 Å². The second-order valence-electron chi connectivity index (χ2n) is 6.61. The molecule has 1 aliphatic carbocycles. The van der Waals surface area contributed by atoms with Crippen LogP contribution in [0, 0.1) is 18.8 Å². The van der Waals surface area contributed by atoms with Crippen molar-refractivity contribution in [3.8, 4) is 0 Å². The maximum Gasteiger partial charge on any atom is 0.341 e. The number of anilines is 1. The maximum absolute atomic E-state index is 11.7. The summed E-state index contributed by atoms with van der Waals surface area (Å²) in [5.41, 5.74) is 1.09. The lowest BCUT2D eigenvalue weighted by Gasteiger charge is -2.26. The summed E-state index contributed by atoms with van der Waals surface area (Å²) < 4.78 is 4.98. The number of carbonyl (C=O) groups is 1. The van der Waals surface area contributed by atoms with E-state index in [0.717, 1.165) is 24.8 Å². The highest BCUT2D eigenvalue weighted by Gasteiger charge is 2.17. The van der Waals surface area contributed by atoms with Crippen LogP contribution in [0.5, 0.6) is 0 Å². The average Bonchev–Trinajstić information content (AvgIpc) is 2.53. The van der Waals surface area contributed by atoms with E-state index < -0.39 is 0 Å². The molecule has 0 saturated heterocycles. The predicted molar refractivity (Wildman–Crippen MR) is 91.6 cm³/mol. The van der Waals surface area contributed by atoms with E-state index in [1.807, 2.05) is 6.92 Å². The molecule has 0 aromatic carbocycles. The molecule has 0 spiro atoms. The van der Waals surface area contributed by atoms with Crippen LogP contribution in [0.15, 0.2) is 6.20 Å². The number of hydrogen-bond donors (Lipinski definition) is 1. The molecule has 1 fully saturated rings. The summed E-state index contributed by atoms with van der Waals surface area (Å²) in [4.78, 5) is 20.3. The van der Waals surface area contributed by atoms with Crippen molar-refractivity contribution in [3.05, 3.63) is 17.5 Å². The minimum Gasteiger partial charge on any atom is -0.462 e. The Hall–Kier alpha value is -1.65. The third-order valence-corrected chi connectivity index (χ3v) is 4.68. The van der Waals surface area contributed by atoms with E-state index in [-0.39, 0.29) is 5.97 Å². The normalized spacial score (nSPS) is 21.0. The van der Waals surface area contributed by atoms with Gasteiger partial charge in [0.05, 0.1) is 17.9 Å². The fraction of sp³-hybridized carbons (Fsp3) is 0.722. The third kappa shape index (κ3) is 5.48. The van der Waals surface area contributed by atoms with Gasteiger partial charge >= 0.3 is 5.97 Å². The van der Waals surface area contributed by atoms with Crippen molar-refractivity contribution < 1.29 is 9.53 Å². The summed E-state index contributed by atoms with van der Waals surface area (Å²) in [5, 5.41) is 3.26. The molecule has 2 rings (SSSR count). The van der Waals surface area contributed by atoms with Gasteiger partial charge in [-0.05, 0) is 38.5 Å². The Morgan fingerprint density at radius 1 is 1.35 bits per heavy atom. The second-order valence-corrected chi connectivity index (χ2v) is 6.61. The first kappa shape index (κ1) is 17.7. The first-order chi connectivity index (χ1) is 11.1. The quantitative estimate of drug-likeness (QED) is 0.608. The van der Waals surface area contributed by atoms with Crippen LogP contribution in [0.2, 0.25) is 0 Å². The molecular weight excluding hydrogens is 290 g/mol. The smallest absolute Gasteiger partial charge is 0.341 e. The zero-order valence-electron chi connectivity index (χ0n) is 14.6. The van der Waals surface area contributed by atoms with Gasteiger partial charge in [0.1, 0.15) is 0 Å². The number of aryl methyl sites for hydroxylation is 1. The summed E-state index contributed by atoms with van der Waals surface area (Å²) in [6, 6.07) is 0. The van der Waals surface area contributed by atoms with E-state index in [1.165, 1.54) is 32.1 Å². The predicted octanol–water partition coefficient (Wildman–Crippen LogP) is 3.98. The molecule has 0 amide bonds. The largest absolute Gasteiger partial charge is 0.462 e. The summed E-state index contributed by atoms with van der Waals surface area (Å²) in [7, 11) is 0. The molecule has 128 valence electrons. The molecule has 1 saturated carbocycles. The Morgan fingerprint density at radius 2 is 2.09 bits per heavy atom. The molecule has 0 aliphatic heterocycles. The van der Waals surface area contributed by atoms with Crippen molar-refractivity contribution >= 4 is 11.9 Å². The zero-order valence-corrected chi connectivity index (χ0v) is 14.6. The van der Waals surface area contributed by atoms with E-state index >= 15 is 0 Å². The minimum absolute atomic E-state index is 0.358. The van der Waals surface area contributed by atoms with Crippen LogP contribution in [-0.4, -0.2) is 29.1 Å². The van der Waals surface area contributed by atoms with Gasteiger partial charge in [-0.2, -0.15) is 0 Å². The molecule has 1 heterocycles. The van der Waals surface area contributed by atoms with Crippen LogP contribution in [0.25, 0.3) is 0 Å². The van der Waals surface area contributed by atoms with Gasteiger partial charge in [0.2, 0.25) is 5.95 Å². The number of esters is 1. The summed E-state index contributed by atoms with van der Waals surface area (Å²) in [6.45, 7) is 7.19. The standard InChI is InChI=1S/C18H29N3O2/c1-4-23-17(22)16-12-20-18(21-14(16)3)19-11-5-6-15-9-7-13(2)8-10-15/h12-13,15H,4-11H2,1-3H3,(H,19,20,21). The van der Waals surface area contributed by atoms with Gasteiger partial charge in [-0.25, -0.2) is 14.8 Å². The third-order valence-electron chi connectivity index (χ3n) is 4.68. The van der Waals surface area contributed by atoms with Crippen LogP contribution in [-0.2, 0) is 4.74 Å². The lowest BCUT2D eigenvalue weighted by atomic mass is 9.81. The number of nitrogens with zero attached hydrogens (tertiary/aromatic N) is 2. The molecule has 0 radical (unpaired) electrons. The summed E-state index contributed by atoms with van der Waals surface area (Å²) >= 11 is 0. The topological polar surface area (TPSA) is 64.1 Å². The van der Waals surface area contributed by atoms with E-state index in [4.69, 9.17) is 4.74 Å². The molecular formula is C18H29N3O2. The number of ether oxygens (including phenoxy) is 1. The fourth-order valence-corrected chi connectivity index (χ4v) is 3.17. The first-order valence-corrected chi connectivity index (χ1v) is 8.84. The number of aromatic nitrogens is 2. The molecule has 1 aromatic rings. The molecule has 1 aliphatic rings. The van der Waals surface area contributed by atoms with E-state index in [1.54, 1.807) is 13.1 Å². The van der Waals surface area contributed by atoms with Gasteiger partial charge in [-0.1, -0.05) is 32.6 Å². The molecule has 5 heteroatoms. The van der Waals surface area contributed by atoms with E-state index in [9.17, 15) is 4.79 Å². The van der Waals surface area contributed by atoms with Crippen molar-refractivity contribution in [1.29, 1.82) is 0 Å². The van der Waals surface area contributed by atoms with E-state index in [0.29, 0.717) is 23.8 Å². The van der Waals surface area contributed by atoms with Crippen molar-refractivity contribution in [2.75, 3.05) is 18.5 Å². The highest BCUT2D eigenvalue weighted by Crippen LogP contribution is 2.30. The minimum atomic E-state index is -0.358. The molecule has 0 atom stereocenters. The summed E-state index contributed by atoms with van der Waals surface area (Å²) in [6.07, 6.45) is 9.49. The van der Waals surface area contributed by atoms with Gasteiger partial charge in [-0.3, -0.25) is 0 Å². The van der Waals surface area contributed by atoms with Crippen LogP contribution in [0.3, 0.4) is 0 Å². The van der Waals surface area contributed by atoms with Crippen molar-refractivity contribution in [1.82, 2.24) is 9.97 Å². The van der Waals surface area contributed by atoms with Gasteiger partial charge in [-0.15, -0.1) is 0 Å². The Kier molecular flexibility index (Phi) is 6.81. The van der Waals surface area contributed by atoms with Crippen molar-refractivity contribution in [3.63, 3.8) is 0 Å². The molecule has 5 nitrogen and oxygen atoms in total. The molecule has 0 unspecified atom stereocenters. The molecule has 23 heavy (non-hydrogen) atoms. The first-order valence-electron chi connectivity index (χ1n) is 8.84. The Labute approximate surface area is 139 Å². The maximum atomic E-state index is 11.7. The Morgan fingerprint density at radius 3 is 2.74 bits per heavy atom. The van der Waals surface area contributed by atoms with Gasteiger partial charge in [0, 0.05) is 12.7 Å². The van der Waals surface area contributed by atoms with Gasteiger partial charge in [0.15, 0.2) is 0 Å². The van der Waals surface area contributed by atoms with Gasteiger partial charge < -0.3 is 10.1 Å². The van der Waals surface area contributed by atoms with Crippen LogP contribution >= 0.6 is 0 Å². The number of hydrogen-bond acceptors (Lipinski definition) is 5.